The molecule has 0 spiro atoms. The van der Waals surface area contributed by atoms with Crippen molar-refractivity contribution in [3.05, 3.63) is 34.9 Å². The van der Waals surface area contributed by atoms with Crippen LogP contribution in [0.3, 0.4) is 0 Å². The van der Waals surface area contributed by atoms with Crippen LogP contribution in [0.4, 0.5) is 0 Å². The predicted octanol–water partition coefficient (Wildman–Crippen LogP) is 2.04. The van der Waals surface area contributed by atoms with Gasteiger partial charge in [-0.25, -0.2) is 4.79 Å². The van der Waals surface area contributed by atoms with E-state index in [1.165, 1.54) is 12.1 Å². The summed E-state index contributed by atoms with van der Waals surface area (Å²) in [5.41, 5.74) is 0.254. The second-order valence-electron chi connectivity index (χ2n) is 1.81. The van der Waals surface area contributed by atoms with Gasteiger partial charge in [0, 0.05) is 24.5 Å². The van der Waals surface area contributed by atoms with E-state index >= 15 is 0 Å². The van der Waals surface area contributed by atoms with Gasteiger partial charge in [0.25, 0.3) is 0 Å². The molecule has 0 aromatic heterocycles. The van der Waals surface area contributed by atoms with Crippen molar-refractivity contribution in [3.8, 4) is 0 Å². The smallest absolute Gasteiger partial charge is 0.335 e. The molecule has 0 saturated carbocycles. The first-order valence-corrected chi connectivity index (χ1v) is 3.07. The molecule has 11 heavy (non-hydrogen) atoms. The zero-order chi connectivity index (χ0) is 7.56. The van der Waals surface area contributed by atoms with E-state index in [1.54, 1.807) is 12.1 Å². The molecule has 2 nitrogen and oxygen atoms in total. The van der Waals surface area contributed by atoms with Crippen LogP contribution in [0.25, 0.3) is 0 Å². The van der Waals surface area contributed by atoms with Gasteiger partial charge in [-0.05, 0) is 24.3 Å². The Morgan fingerprint density at radius 1 is 1.27 bits per heavy atom. The molecule has 0 aliphatic carbocycles. The molecule has 1 aromatic rings. The topological polar surface area (TPSA) is 37.3 Å². The Labute approximate surface area is 81.9 Å². The summed E-state index contributed by atoms with van der Waals surface area (Å²) in [6, 6.07) is 6.02. The Hall–Kier alpha value is -0.397. The van der Waals surface area contributed by atoms with Gasteiger partial charge in [-0.1, -0.05) is 11.6 Å². The van der Waals surface area contributed by atoms with Gasteiger partial charge in [0.05, 0.1) is 5.56 Å². The molecule has 0 unspecified atom stereocenters. The van der Waals surface area contributed by atoms with Crippen molar-refractivity contribution in [2.45, 2.75) is 0 Å². The quantitative estimate of drug-likeness (QED) is 0.738. The van der Waals surface area contributed by atoms with E-state index in [2.05, 4.69) is 0 Å². The van der Waals surface area contributed by atoms with Crippen LogP contribution in [0.5, 0.6) is 0 Å². The molecular formula is C7H5ClO2Zn. The van der Waals surface area contributed by atoms with E-state index in [9.17, 15) is 4.79 Å². The largest absolute Gasteiger partial charge is 0.478 e. The van der Waals surface area contributed by atoms with E-state index in [1.807, 2.05) is 0 Å². The van der Waals surface area contributed by atoms with Crippen LogP contribution in [0.1, 0.15) is 10.4 Å². The maximum atomic E-state index is 10.3. The molecule has 1 N–H and O–H groups in total. The van der Waals surface area contributed by atoms with Gasteiger partial charge < -0.3 is 5.11 Å². The molecule has 0 fully saturated rings. The molecule has 54 valence electrons. The van der Waals surface area contributed by atoms with E-state index in [0.29, 0.717) is 5.02 Å². The summed E-state index contributed by atoms with van der Waals surface area (Å²) in [5.74, 6) is -0.934. The van der Waals surface area contributed by atoms with E-state index in [-0.39, 0.29) is 25.0 Å². The third-order valence-corrected chi connectivity index (χ3v) is 1.34. The SMILES string of the molecule is O=C(O)c1ccc(Cl)cc1.[Zn]. The Kier molecular flexibility index (Phi) is 4.31. The van der Waals surface area contributed by atoms with Gasteiger partial charge in [0.1, 0.15) is 0 Å². The Morgan fingerprint density at radius 2 is 1.73 bits per heavy atom. The van der Waals surface area contributed by atoms with Crippen LogP contribution < -0.4 is 0 Å². The van der Waals surface area contributed by atoms with Gasteiger partial charge in [-0.2, -0.15) is 0 Å². The molecule has 0 radical (unpaired) electrons. The van der Waals surface area contributed by atoms with Crippen LogP contribution in [0, 0.1) is 0 Å². The number of rotatable bonds is 1. The maximum Gasteiger partial charge on any atom is 0.335 e. The second-order valence-corrected chi connectivity index (χ2v) is 2.25. The molecule has 0 atom stereocenters. The first kappa shape index (κ1) is 10.6. The van der Waals surface area contributed by atoms with Crippen LogP contribution in [-0.4, -0.2) is 11.1 Å². The Bertz CT molecular complexity index is 245. The summed E-state index contributed by atoms with van der Waals surface area (Å²) in [7, 11) is 0. The fourth-order valence-corrected chi connectivity index (χ4v) is 0.718. The van der Waals surface area contributed by atoms with Gasteiger partial charge in [0.2, 0.25) is 0 Å². The third kappa shape index (κ3) is 3.00. The van der Waals surface area contributed by atoms with Crippen molar-refractivity contribution >= 4 is 17.6 Å². The van der Waals surface area contributed by atoms with Crippen molar-refractivity contribution in [2.24, 2.45) is 0 Å². The van der Waals surface area contributed by atoms with Crippen molar-refractivity contribution in [3.63, 3.8) is 0 Å². The minimum atomic E-state index is -0.934. The van der Waals surface area contributed by atoms with Gasteiger partial charge in [0.15, 0.2) is 0 Å². The van der Waals surface area contributed by atoms with Crippen LogP contribution in [0.2, 0.25) is 5.02 Å². The van der Waals surface area contributed by atoms with Gasteiger partial charge in [-0.15, -0.1) is 0 Å². The minimum absolute atomic E-state index is 0. The molecule has 0 amide bonds. The predicted molar refractivity (Wildman–Crippen MR) is 38.4 cm³/mol. The minimum Gasteiger partial charge on any atom is -0.478 e. The molecule has 0 bridgehead atoms. The average Bonchev–Trinajstić information content (AvgIpc) is 1.88. The molecule has 0 aliphatic heterocycles. The van der Waals surface area contributed by atoms with Crippen LogP contribution >= 0.6 is 11.6 Å². The van der Waals surface area contributed by atoms with Crippen molar-refractivity contribution in [1.29, 1.82) is 0 Å². The van der Waals surface area contributed by atoms with Crippen molar-refractivity contribution < 1.29 is 29.4 Å². The number of carboxylic acids is 1. The van der Waals surface area contributed by atoms with E-state index < -0.39 is 5.97 Å². The number of halogens is 1. The zero-order valence-corrected chi connectivity index (χ0v) is 9.47. The molecule has 1 rings (SSSR count). The molecule has 0 saturated heterocycles. The fourth-order valence-electron chi connectivity index (χ4n) is 0.592. The number of carbonyl (C=O) groups is 1. The van der Waals surface area contributed by atoms with Crippen LogP contribution in [0.15, 0.2) is 24.3 Å². The summed E-state index contributed by atoms with van der Waals surface area (Å²) in [4.78, 5) is 10.3. The Balaban J connectivity index is 0.000001000. The fraction of sp³-hybridized carbons (Fsp3) is 0. The molecule has 1 aromatic carbocycles. The number of aromatic carboxylic acids is 1. The Morgan fingerprint density at radius 3 is 2.09 bits per heavy atom. The number of hydrogen-bond donors (Lipinski definition) is 1. The molecule has 4 heteroatoms. The summed E-state index contributed by atoms with van der Waals surface area (Å²) in [6.45, 7) is 0. The first-order chi connectivity index (χ1) is 4.70. The van der Waals surface area contributed by atoms with Gasteiger partial charge >= 0.3 is 5.97 Å². The molecular weight excluding hydrogens is 217 g/mol. The monoisotopic (exact) mass is 220 g/mol. The zero-order valence-electron chi connectivity index (χ0n) is 5.75. The second kappa shape index (κ2) is 4.47. The first-order valence-electron chi connectivity index (χ1n) is 2.69. The number of hydrogen-bond acceptors (Lipinski definition) is 1. The third-order valence-electron chi connectivity index (χ3n) is 1.09. The summed E-state index contributed by atoms with van der Waals surface area (Å²) in [6.07, 6.45) is 0. The van der Waals surface area contributed by atoms with Crippen molar-refractivity contribution in [1.82, 2.24) is 0 Å². The normalized spacial score (nSPS) is 8.45. The standard InChI is InChI=1S/C7H5ClO2.Zn/c8-6-3-1-5(2-4-6)7(9)10;/h1-4H,(H,9,10);. The molecule has 0 aliphatic rings. The van der Waals surface area contributed by atoms with Crippen molar-refractivity contribution in [2.75, 3.05) is 0 Å². The number of benzene rings is 1. The average molecular weight is 222 g/mol. The van der Waals surface area contributed by atoms with Crippen LogP contribution in [-0.2, 0) is 19.5 Å². The summed E-state index contributed by atoms with van der Waals surface area (Å²) >= 11 is 5.52. The maximum absolute atomic E-state index is 10.3. The summed E-state index contributed by atoms with van der Waals surface area (Å²) in [5, 5.41) is 8.98. The van der Waals surface area contributed by atoms with E-state index in [0.717, 1.165) is 0 Å². The van der Waals surface area contributed by atoms with Gasteiger partial charge in [-0.3, -0.25) is 0 Å². The molecule has 0 heterocycles. The summed E-state index contributed by atoms with van der Waals surface area (Å²) < 4.78 is 0. The number of carboxylic acid groups (broad SMARTS) is 1. The van der Waals surface area contributed by atoms with E-state index in [4.69, 9.17) is 16.7 Å².